The van der Waals surface area contributed by atoms with E-state index in [2.05, 4.69) is 10.3 Å². The van der Waals surface area contributed by atoms with Crippen LogP contribution in [-0.2, 0) is 30.5 Å². The number of hydrogen-bond donors (Lipinski definition) is 1. The third-order valence-electron chi connectivity index (χ3n) is 6.25. The number of nitrogens with one attached hydrogen (secondary N) is 1. The van der Waals surface area contributed by atoms with E-state index >= 15 is 0 Å². The fourth-order valence-corrected chi connectivity index (χ4v) is 4.20. The topological polar surface area (TPSA) is 118 Å². The molecule has 1 fully saturated rings. The van der Waals surface area contributed by atoms with E-state index in [1.165, 1.54) is 34.1 Å². The molecule has 3 heterocycles. The molecule has 4 rings (SSSR count). The second-order valence-corrected chi connectivity index (χ2v) is 8.50. The second-order valence-electron chi connectivity index (χ2n) is 8.50. The van der Waals surface area contributed by atoms with Crippen molar-refractivity contribution in [2.45, 2.75) is 44.4 Å². The maximum Gasteiger partial charge on any atom is 0.298 e. The maximum atomic E-state index is 13.8. The van der Waals surface area contributed by atoms with Crippen LogP contribution in [0.2, 0.25) is 0 Å². The zero-order chi connectivity index (χ0) is 25.1. The summed E-state index contributed by atoms with van der Waals surface area (Å²) < 4.78 is 25.2. The standard InChI is InChI=1S/C24H27FN4O6/c1-3-16-12-34-13-17-22-27-20(21(31)24(33)29(16)22)23(32)26-11-14-7-8-15(25)10-18(14)35-9-5-4-6-19(30)28(17)2/h4,6-8,10,16-17,20H,3,5,9,11-13H2,1-2H3,(H,26,32)/b6-4-/t16-,17+,20?/m0/s1. The molecule has 35 heavy (non-hydrogen) atoms. The fraction of sp³-hybridized carbons (Fsp3) is 0.458. The van der Waals surface area contributed by atoms with Crippen LogP contribution < -0.4 is 10.1 Å². The number of benzene rings is 1. The van der Waals surface area contributed by atoms with Gasteiger partial charge in [0, 0.05) is 25.2 Å². The lowest BCUT2D eigenvalue weighted by atomic mass is 10.0. The predicted molar refractivity (Wildman–Crippen MR) is 122 cm³/mol. The summed E-state index contributed by atoms with van der Waals surface area (Å²) in [6.07, 6.45) is 3.88. The molecule has 0 radical (unpaired) electrons. The van der Waals surface area contributed by atoms with Crippen LogP contribution in [0.1, 0.15) is 25.3 Å². The number of fused-ring (bicyclic) bond motifs is 2. The minimum absolute atomic E-state index is 0.0553. The van der Waals surface area contributed by atoms with Crippen LogP contribution in [0.15, 0.2) is 35.3 Å². The lowest BCUT2D eigenvalue weighted by molar-refractivity contribution is -0.147. The molecule has 11 heteroatoms. The number of aliphatic imine (C=N–C) groups is 1. The monoisotopic (exact) mass is 486 g/mol. The molecule has 3 aliphatic heterocycles. The van der Waals surface area contributed by atoms with Gasteiger partial charge in [-0.15, -0.1) is 0 Å². The average molecular weight is 487 g/mol. The Kier molecular flexibility index (Phi) is 7.25. The van der Waals surface area contributed by atoms with Gasteiger partial charge in [-0.2, -0.15) is 0 Å². The van der Waals surface area contributed by atoms with Crippen LogP contribution in [0.5, 0.6) is 5.75 Å². The molecule has 1 saturated heterocycles. The zero-order valence-corrected chi connectivity index (χ0v) is 19.5. The first-order valence-corrected chi connectivity index (χ1v) is 11.5. The minimum Gasteiger partial charge on any atom is -0.493 e. The maximum absolute atomic E-state index is 13.8. The number of hydrogen-bond acceptors (Lipinski definition) is 7. The molecule has 3 amide bonds. The molecule has 1 N–H and O–H groups in total. The number of ether oxygens (including phenoxy) is 2. The highest BCUT2D eigenvalue weighted by Gasteiger charge is 2.47. The largest absolute Gasteiger partial charge is 0.493 e. The molecular weight excluding hydrogens is 459 g/mol. The Bertz CT molecular complexity index is 1100. The number of amidine groups is 1. The highest BCUT2D eigenvalue weighted by molar-refractivity contribution is 6.46. The normalized spacial score (nSPS) is 26.8. The number of Topliss-reactive ketones (excluding diaryl/α,β-unsaturated/α-hetero) is 1. The van der Waals surface area contributed by atoms with Gasteiger partial charge in [0.25, 0.3) is 17.6 Å². The Labute approximate surface area is 201 Å². The van der Waals surface area contributed by atoms with Crippen molar-refractivity contribution in [3.05, 3.63) is 41.7 Å². The van der Waals surface area contributed by atoms with Gasteiger partial charge in [0.15, 0.2) is 6.04 Å². The van der Waals surface area contributed by atoms with E-state index in [-0.39, 0.29) is 43.9 Å². The summed E-state index contributed by atoms with van der Waals surface area (Å²) in [5.74, 6) is -3.10. The Morgan fingerprint density at radius 2 is 2.00 bits per heavy atom. The number of ketones is 1. The van der Waals surface area contributed by atoms with Gasteiger partial charge < -0.3 is 19.7 Å². The van der Waals surface area contributed by atoms with Gasteiger partial charge in [-0.3, -0.25) is 24.1 Å². The van der Waals surface area contributed by atoms with E-state index in [0.717, 1.165) is 0 Å². The van der Waals surface area contributed by atoms with Gasteiger partial charge in [-0.25, -0.2) is 9.38 Å². The molecule has 0 aliphatic carbocycles. The molecule has 3 atom stereocenters. The van der Waals surface area contributed by atoms with Crippen LogP contribution in [0.3, 0.4) is 0 Å². The summed E-state index contributed by atoms with van der Waals surface area (Å²) in [4.78, 5) is 59.0. The molecule has 186 valence electrons. The van der Waals surface area contributed by atoms with Crippen molar-refractivity contribution < 1.29 is 33.0 Å². The van der Waals surface area contributed by atoms with Crippen molar-refractivity contribution in [2.75, 3.05) is 26.9 Å². The zero-order valence-electron chi connectivity index (χ0n) is 19.5. The second kappa shape index (κ2) is 10.3. The lowest BCUT2D eigenvalue weighted by Gasteiger charge is -2.37. The molecule has 0 saturated carbocycles. The number of likely N-dealkylation sites (N-methyl/N-ethyl adjacent to an activating group) is 1. The Balaban J connectivity index is 1.76. The van der Waals surface area contributed by atoms with E-state index in [0.29, 0.717) is 18.4 Å². The van der Waals surface area contributed by atoms with Crippen molar-refractivity contribution in [1.82, 2.24) is 15.1 Å². The summed E-state index contributed by atoms with van der Waals surface area (Å²) in [6.45, 7) is 2.20. The first kappa shape index (κ1) is 24.5. The summed E-state index contributed by atoms with van der Waals surface area (Å²) in [6, 6.07) is 1.06. The molecule has 0 aromatic heterocycles. The van der Waals surface area contributed by atoms with Crippen molar-refractivity contribution in [2.24, 2.45) is 4.99 Å². The smallest absolute Gasteiger partial charge is 0.298 e. The summed E-state index contributed by atoms with van der Waals surface area (Å²) >= 11 is 0. The summed E-state index contributed by atoms with van der Waals surface area (Å²) in [5.41, 5.74) is 0.488. The molecule has 3 aliphatic rings. The van der Waals surface area contributed by atoms with E-state index in [1.54, 1.807) is 13.1 Å². The molecular formula is C24H27FN4O6. The van der Waals surface area contributed by atoms with Crippen molar-refractivity contribution in [3.8, 4) is 5.75 Å². The van der Waals surface area contributed by atoms with Crippen molar-refractivity contribution in [1.29, 1.82) is 0 Å². The number of rotatable bonds is 1. The Morgan fingerprint density at radius 1 is 1.20 bits per heavy atom. The Hall–Kier alpha value is -3.60. The number of amides is 3. The lowest BCUT2D eigenvalue weighted by Crippen LogP contribution is -2.61. The number of halogens is 1. The van der Waals surface area contributed by atoms with E-state index in [1.807, 2.05) is 6.92 Å². The highest BCUT2D eigenvalue weighted by atomic mass is 19.1. The SMILES string of the molecule is CC[C@H]1COC[C@@H]2C3=NC(C(=O)NCc4ccc(F)cc4OCC/C=C\C(=O)N2C)C(=O)C(=O)N31. The number of nitrogens with zero attached hydrogens (tertiary/aromatic N) is 3. The van der Waals surface area contributed by atoms with Gasteiger partial charge in [0.2, 0.25) is 5.91 Å². The van der Waals surface area contributed by atoms with Gasteiger partial charge in [0.05, 0.1) is 25.9 Å². The fourth-order valence-electron chi connectivity index (χ4n) is 4.20. The molecule has 1 aromatic rings. The first-order valence-electron chi connectivity index (χ1n) is 11.5. The van der Waals surface area contributed by atoms with E-state index in [4.69, 9.17) is 9.47 Å². The van der Waals surface area contributed by atoms with E-state index < -0.39 is 41.5 Å². The predicted octanol–water partition coefficient (Wildman–Crippen LogP) is 0.595. The number of carbonyl (C=O) groups is 4. The quantitative estimate of drug-likeness (QED) is 0.459. The van der Waals surface area contributed by atoms with Crippen molar-refractivity contribution in [3.63, 3.8) is 0 Å². The number of carbonyl (C=O) groups excluding carboxylic acids is 4. The minimum atomic E-state index is -1.61. The Morgan fingerprint density at radius 3 is 2.77 bits per heavy atom. The van der Waals surface area contributed by atoms with E-state index in [9.17, 15) is 23.6 Å². The first-order chi connectivity index (χ1) is 16.8. The van der Waals surface area contributed by atoms with Gasteiger partial charge >= 0.3 is 0 Å². The van der Waals surface area contributed by atoms with Crippen LogP contribution in [0.25, 0.3) is 0 Å². The third-order valence-corrected chi connectivity index (χ3v) is 6.25. The molecule has 10 nitrogen and oxygen atoms in total. The molecule has 1 aromatic carbocycles. The third kappa shape index (κ3) is 4.95. The average Bonchev–Trinajstić information content (AvgIpc) is 3.03. The van der Waals surface area contributed by atoms with Crippen LogP contribution >= 0.6 is 0 Å². The summed E-state index contributed by atoms with van der Waals surface area (Å²) in [5, 5.41) is 2.61. The van der Waals surface area contributed by atoms with Gasteiger partial charge in [-0.05, 0) is 25.0 Å². The van der Waals surface area contributed by atoms with Crippen molar-refractivity contribution >= 4 is 29.3 Å². The summed E-state index contributed by atoms with van der Waals surface area (Å²) in [7, 11) is 1.54. The van der Waals surface area contributed by atoms with Crippen LogP contribution in [-0.4, -0.2) is 84.1 Å². The molecule has 1 unspecified atom stereocenters. The van der Waals surface area contributed by atoms with Crippen LogP contribution in [0.4, 0.5) is 4.39 Å². The van der Waals surface area contributed by atoms with Crippen LogP contribution in [0, 0.1) is 5.82 Å². The highest BCUT2D eigenvalue weighted by Crippen LogP contribution is 2.24. The molecule has 0 spiro atoms. The van der Waals surface area contributed by atoms with Gasteiger partial charge in [-0.1, -0.05) is 19.1 Å². The van der Waals surface area contributed by atoms with Gasteiger partial charge in [0.1, 0.15) is 23.4 Å². The molecule has 2 bridgehead atoms.